The second-order valence-electron chi connectivity index (χ2n) is 5.19. The number of carbonyl (C=O) groups excluding carboxylic acids is 1. The van der Waals surface area contributed by atoms with Crippen LogP contribution in [0.15, 0.2) is 28.6 Å². The fraction of sp³-hybridized carbons (Fsp3) is 0.294. The molecule has 2 heterocycles. The van der Waals surface area contributed by atoms with Crippen LogP contribution in [-0.4, -0.2) is 33.3 Å². The molecule has 2 N–H and O–H groups in total. The fourth-order valence-electron chi connectivity index (χ4n) is 2.76. The van der Waals surface area contributed by atoms with Crippen LogP contribution in [0.1, 0.15) is 35.6 Å². The third kappa shape index (κ3) is 2.80. The molecule has 0 bridgehead atoms. The van der Waals surface area contributed by atoms with E-state index in [-0.39, 0.29) is 23.6 Å². The van der Waals surface area contributed by atoms with Crippen molar-refractivity contribution in [2.75, 3.05) is 6.61 Å². The molecule has 0 amide bonds. The second-order valence-corrected chi connectivity index (χ2v) is 5.19. The van der Waals surface area contributed by atoms with Gasteiger partial charge in [-0.2, -0.15) is 0 Å². The Hall–Kier alpha value is -2.96. The molecule has 0 unspecified atom stereocenters. The van der Waals surface area contributed by atoms with Gasteiger partial charge in [-0.15, -0.1) is 0 Å². The first-order chi connectivity index (χ1) is 11.3. The van der Waals surface area contributed by atoms with Crippen LogP contribution in [0.2, 0.25) is 0 Å². The Morgan fingerprint density at radius 2 is 1.92 bits per heavy atom. The van der Waals surface area contributed by atoms with Gasteiger partial charge in [-0.3, -0.25) is 0 Å². The molecule has 7 nitrogen and oxygen atoms in total. The smallest absolute Gasteiger partial charge is 0.358 e. The van der Waals surface area contributed by atoms with Crippen LogP contribution in [0.25, 0.3) is 17.0 Å². The lowest BCUT2D eigenvalue weighted by Crippen LogP contribution is -2.16. The predicted octanol–water partition coefficient (Wildman–Crippen LogP) is 3.37. The third-order valence-corrected chi connectivity index (χ3v) is 3.66. The van der Waals surface area contributed by atoms with E-state index in [0.717, 1.165) is 0 Å². The summed E-state index contributed by atoms with van der Waals surface area (Å²) >= 11 is 0. The Labute approximate surface area is 138 Å². The summed E-state index contributed by atoms with van der Waals surface area (Å²) in [5.74, 6) is -1.79. The highest BCUT2D eigenvalue weighted by molar-refractivity contribution is 6.12. The quantitative estimate of drug-likeness (QED) is 0.494. The number of nitrogens with zero attached hydrogens (tertiary/aromatic N) is 1. The highest BCUT2D eigenvalue weighted by atomic mass is 16.5. The summed E-state index contributed by atoms with van der Waals surface area (Å²) in [4.78, 5) is 24.0. The number of aliphatic hydroxyl groups excluding tert-OH is 1. The molecule has 0 radical (unpaired) electrons. The van der Waals surface area contributed by atoms with Gasteiger partial charge in [0.05, 0.1) is 24.0 Å². The van der Waals surface area contributed by atoms with Crippen molar-refractivity contribution in [3.05, 3.63) is 41.1 Å². The van der Waals surface area contributed by atoms with E-state index in [4.69, 9.17) is 9.15 Å². The van der Waals surface area contributed by atoms with E-state index < -0.39 is 11.9 Å². The summed E-state index contributed by atoms with van der Waals surface area (Å²) in [6, 6.07) is 3.28. The zero-order valence-corrected chi connectivity index (χ0v) is 13.9. The number of esters is 1. The van der Waals surface area contributed by atoms with Crippen LogP contribution in [0.5, 0.6) is 0 Å². The average Bonchev–Trinajstić information content (AvgIpc) is 3.08. The highest BCUT2D eigenvalue weighted by Crippen LogP contribution is 2.35. The molecule has 0 aliphatic rings. The van der Waals surface area contributed by atoms with Gasteiger partial charge >= 0.3 is 11.9 Å². The minimum Gasteiger partial charge on any atom is -0.510 e. The standard InChI is InChI=1S/C17H19NO6/c1-5-23-17(22)15(11(4)19)18-9(2)13(12-7-6-8-24-12)14(10(18)3)16(20)21/h6-8,19H,5H2,1-4H3,(H,20,21)/b15-11+. The van der Waals surface area contributed by atoms with Crippen LogP contribution in [-0.2, 0) is 9.53 Å². The van der Waals surface area contributed by atoms with Gasteiger partial charge in [0, 0.05) is 11.4 Å². The lowest BCUT2D eigenvalue weighted by atomic mass is 10.1. The minimum absolute atomic E-state index is 0.00509. The molecule has 2 rings (SSSR count). The molecule has 0 fully saturated rings. The number of carbonyl (C=O) groups is 2. The molecule has 24 heavy (non-hydrogen) atoms. The summed E-state index contributed by atoms with van der Waals surface area (Å²) in [6.07, 6.45) is 1.44. The van der Waals surface area contributed by atoms with Gasteiger partial charge in [0.15, 0.2) is 5.70 Å². The Kier molecular flexibility index (Phi) is 4.82. The van der Waals surface area contributed by atoms with Gasteiger partial charge in [0.1, 0.15) is 11.5 Å². The minimum atomic E-state index is -1.15. The number of aromatic nitrogens is 1. The number of furan rings is 1. The molecule has 128 valence electrons. The lowest BCUT2D eigenvalue weighted by molar-refractivity contribution is -0.136. The number of aliphatic hydroxyl groups is 1. The summed E-state index contributed by atoms with van der Waals surface area (Å²) in [7, 11) is 0. The van der Waals surface area contributed by atoms with Gasteiger partial charge in [-0.25, -0.2) is 9.59 Å². The second kappa shape index (κ2) is 6.66. The average molecular weight is 333 g/mol. The number of carboxylic acids is 1. The maximum absolute atomic E-state index is 12.2. The van der Waals surface area contributed by atoms with Gasteiger partial charge in [0.2, 0.25) is 0 Å². The molecule has 0 aliphatic heterocycles. The monoisotopic (exact) mass is 333 g/mol. The largest absolute Gasteiger partial charge is 0.510 e. The molecule has 0 spiro atoms. The van der Waals surface area contributed by atoms with Crippen molar-refractivity contribution in [3.63, 3.8) is 0 Å². The first-order valence-electron chi connectivity index (χ1n) is 7.37. The van der Waals surface area contributed by atoms with E-state index in [2.05, 4.69) is 0 Å². The normalized spacial score (nSPS) is 12.0. The van der Waals surface area contributed by atoms with Crippen LogP contribution in [0.4, 0.5) is 0 Å². The topological polar surface area (TPSA) is 102 Å². The molecule has 7 heteroatoms. The molecule has 0 aliphatic carbocycles. The van der Waals surface area contributed by atoms with Crippen LogP contribution >= 0.6 is 0 Å². The van der Waals surface area contributed by atoms with Gasteiger partial charge < -0.3 is 23.9 Å². The zero-order valence-electron chi connectivity index (χ0n) is 13.9. The predicted molar refractivity (Wildman–Crippen MR) is 86.7 cm³/mol. The molecule has 0 atom stereocenters. The summed E-state index contributed by atoms with van der Waals surface area (Å²) in [5, 5.41) is 19.6. The first kappa shape index (κ1) is 17.4. The van der Waals surface area contributed by atoms with Crippen LogP contribution in [0.3, 0.4) is 0 Å². The number of rotatable bonds is 5. The Balaban J connectivity index is 2.81. The van der Waals surface area contributed by atoms with Crippen LogP contribution in [0, 0.1) is 13.8 Å². The fourth-order valence-corrected chi connectivity index (χ4v) is 2.76. The van der Waals surface area contributed by atoms with Crippen molar-refractivity contribution in [3.8, 4) is 11.3 Å². The van der Waals surface area contributed by atoms with E-state index >= 15 is 0 Å². The summed E-state index contributed by atoms with van der Waals surface area (Å²) in [5.41, 5.74) is 0.991. The van der Waals surface area contributed by atoms with Gasteiger partial charge in [0.25, 0.3) is 0 Å². The van der Waals surface area contributed by atoms with Crippen molar-refractivity contribution in [1.82, 2.24) is 4.57 Å². The molecule has 0 aromatic carbocycles. The highest BCUT2D eigenvalue weighted by Gasteiger charge is 2.30. The zero-order chi connectivity index (χ0) is 18.0. The van der Waals surface area contributed by atoms with Gasteiger partial charge in [-0.05, 0) is 39.8 Å². The summed E-state index contributed by atoms with van der Waals surface area (Å²) in [6.45, 7) is 6.34. The number of aromatic carboxylic acids is 1. The van der Waals surface area contributed by atoms with Crippen molar-refractivity contribution < 1.29 is 29.0 Å². The number of allylic oxidation sites excluding steroid dienone is 1. The third-order valence-electron chi connectivity index (χ3n) is 3.66. The summed E-state index contributed by atoms with van der Waals surface area (Å²) < 4.78 is 11.7. The van der Waals surface area contributed by atoms with Crippen LogP contribution < -0.4 is 0 Å². The molecular weight excluding hydrogens is 314 g/mol. The van der Waals surface area contributed by atoms with Gasteiger partial charge in [-0.1, -0.05) is 0 Å². The maximum atomic E-state index is 12.2. The van der Waals surface area contributed by atoms with Crippen molar-refractivity contribution in [1.29, 1.82) is 0 Å². The number of hydrogen-bond donors (Lipinski definition) is 2. The van der Waals surface area contributed by atoms with Crippen molar-refractivity contribution in [2.24, 2.45) is 0 Å². The van der Waals surface area contributed by atoms with E-state index in [1.807, 2.05) is 0 Å². The molecule has 2 aromatic rings. The molecule has 0 saturated heterocycles. The molecular formula is C17H19NO6. The van der Waals surface area contributed by atoms with Crippen molar-refractivity contribution in [2.45, 2.75) is 27.7 Å². The molecule has 2 aromatic heterocycles. The Bertz CT molecular complexity index is 807. The van der Waals surface area contributed by atoms with Crippen molar-refractivity contribution >= 4 is 17.6 Å². The van der Waals surface area contributed by atoms with E-state index in [1.54, 1.807) is 32.9 Å². The van der Waals surface area contributed by atoms with E-state index in [1.165, 1.54) is 17.8 Å². The number of hydrogen-bond acceptors (Lipinski definition) is 5. The van der Waals surface area contributed by atoms with E-state index in [0.29, 0.717) is 22.7 Å². The Morgan fingerprint density at radius 3 is 2.38 bits per heavy atom. The maximum Gasteiger partial charge on any atom is 0.358 e. The Morgan fingerprint density at radius 1 is 1.25 bits per heavy atom. The lowest BCUT2D eigenvalue weighted by Gasteiger charge is -2.14. The first-order valence-corrected chi connectivity index (χ1v) is 7.37. The molecule has 0 saturated carbocycles. The van der Waals surface area contributed by atoms with E-state index in [9.17, 15) is 19.8 Å². The number of ether oxygens (including phenoxy) is 1. The number of carboxylic acid groups (broad SMARTS) is 1. The SMILES string of the molecule is CCOC(=O)/C(=C(/C)O)n1c(C)c(C(=O)O)c(-c2ccco2)c1C.